The second-order valence-electron chi connectivity index (χ2n) is 12.3. The van der Waals surface area contributed by atoms with E-state index in [1.54, 1.807) is 30.3 Å². The summed E-state index contributed by atoms with van der Waals surface area (Å²) in [5.41, 5.74) is 2.33. The Morgan fingerprint density at radius 2 is 1.38 bits per heavy atom. The summed E-state index contributed by atoms with van der Waals surface area (Å²) in [7, 11) is -1.31. The molecule has 10 heteroatoms. The molecule has 0 aromatic heterocycles. The molecule has 0 heterocycles. The van der Waals surface area contributed by atoms with Gasteiger partial charge in [-0.1, -0.05) is 78.4 Å². The molecule has 1 atom stereocenters. The topological polar surface area (TPSA) is 105 Å². The van der Waals surface area contributed by atoms with Gasteiger partial charge in [0, 0.05) is 24.6 Å². The number of nitrogens with zero attached hydrogens (tertiary/aromatic N) is 2. The number of ether oxygens (including phenoxy) is 2. The van der Waals surface area contributed by atoms with Gasteiger partial charge in [-0.25, -0.2) is 8.42 Å². The van der Waals surface area contributed by atoms with Crippen molar-refractivity contribution in [2.45, 2.75) is 57.1 Å². The number of hydrogen-bond acceptors (Lipinski definition) is 6. The molecule has 0 bridgehead atoms. The van der Waals surface area contributed by atoms with Crippen LogP contribution in [-0.4, -0.2) is 57.5 Å². The SMILES string of the molecule is COc1ccc(N(CC(=O)N(Cc2ccc(C)cc2)[C@H](Cc2ccccc2)C(=O)NC(C)(C)C)S(=O)(=O)c2ccccc2)cc1OC. The van der Waals surface area contributed by atoms with Crippen LogP contribution < -0.4 is 19.1 Å². The molecule has 0 fully saturated rings. The first kappa shape index (κ1) is 35.0. The van der Waals surface area contributed by atoms with Gasteiger partial charge in [-0.3, -0.25) is 13.9 Å². The van der Waals surface area contributed by atoms with Crippen LogP contribution in [0.5, 0.6) is 11.5 Å². The van der Waals surface area contributed by atoms with Crippen molar-refractivity contribution < 1.29 is 27.5 Å². The lowest BCUT2D eigenvalue weighted by molar-refractivity contribution is -0.140. The zero-order chi connectivity index (χ0) is 34.2. The minimum Gasteiger partial charge on any atom is -0.493 e. The van der Waals surface area contributed by atoms with Crippen LogP contribution in [0.1, 0.15) is 37.5 Å². The first-order chi connectivity index (χ1) is 22.3. The van der Waals surface area contributed by atoms with E-state index in [0.717, 1.165) is 21.0 Å². The van der Waals surface area contributed by atoms with E-state index in [1.807, 2.05) is 82.3 Å². The van der Waals surface area contributed by atoms with Gasteiger partial charge in [0.25, 0.3) is 10.0 Å². The van der Waals surface area contributed by atoms with Crippen LogP contribution >= 0.6 is 0 Å². The highest BCUT2D eigenvalue weighted by Crippen LogP contribution is 2.34. The van der Waals surface area contributed by atoms with Gasteiger partial charge in [0.15, 0.2) is 11.5 Å². The molecule has 0 aliphatic carbocycles. The predicted octanol–water partition coefficient (Wildman–Crippen LogP) is 5.76. The van der Waals surface area contributed by atoms with Crippen LogP contribution in [0.25, 0.3) is 0 Å². The summed E-state index contributed by atoms with van der Waals surface area (Å²) >= 11 is 0. The molecule has 1 N–H and O–H groups in total. The summed E-state index contributed by atoms with van der Waals surface area (Å²) in [4.78, 5) is 30.1. The maximum absolute atomic E-state index is 14.6. The molecule has 0 saturated heterocycles. The molecule has 2 amide bonds. The highest BCUT2D eigenvalue weighted by molar-refractivity contribution is 7.92. The fraction of sp³-hybridized carbons (Fsp3) is 0.297. The zero-order valence-corrected chi connectivity index (χ0v) is 28.6. The first-order valence-corrected chi connectivity index (χ1v) is 16.8. The smallest absolute Gasteiger partial charge is 0.264 e. The summed E-state index contributed by atoms with van der Waals surface area (Å²) in [5.74, 6) is -0.189. The number of sulfonamides is 1. The van der Waals surface area contributed by atoms with Crippen LogP contribution in [0.4, 0.5) is 5.69 Å². The number of carbonyl (C=O) groups is 2. The second kappa shape index (κ2) is 15.2. The third-order valence-electron chi connectivity index (χ3n) is 7.51. The molecular weight excluding hydrogens is 614 g/mol. The molecule has 0 spiro atoms. The fourth-order valence-electron chi connectivity index (χ4n) is 5.13. The second-order valence-corrected chi connectivity index (χ2v) is 14.2. The van der Waals surface area contributed by atoms with E-state index >= 15 is 0 Å². The molecular formula is C37H43N3O6S. The normalized spacial score (nSPS) is 12.1. The van der Waals surface area contributed by atoms with Gasteiger partial charge in [-0.15, -0.1) is 0 Å². The van der Waals surface area contributed by atoms with Crippen molar-refractivity contribution in [3.63, 3.8) is 0 Å². The van der Waals surface area contributed by atoms with E-state index < -0.39 is 34.1 Å². The van der Waals surface area contributed by atoms with Gasteiger partial charge in [-0.05, 0) is 63.1 Å². The lowest BCUT2D eigenvalue weighted by atomic mass is 10.0. The number of methoxy groups -OCH3 is 2. The molecule has 0 unspecified atom stereocenters. The van der Waals surface area contributed by atoms with Crippen molar-refractivity contribution in [1.29, 1.82) is 0 Å². The van der Waals surface area contributed by atoms with Gasteiger partial charge in [-0.2, -0.15) is 0 Å². The van der Waals surface area contributed by atoms with E-state index in [1.165, 1.54) is 37.3 Å². The summed E-state index contributed by atoms with van der Waals surface area (Å²) < 4.78 is 40.4. The Labute approximate surface area is 278 Å². The van der Waals surface area contributed by atoms with Crippen LogP contribution in [0, 0.1) is 6.92 Å². The van der Waals surface area contributed by atoms with Gasteiger partial charge < -0.3 is 19.7 Å². The number of nitrogens with one attached hydrogen (secondary N) is 1. The molecule has 0 saturated carbocycles. The Morgan fingerprint density at radius 3 is 1.96 bits per heavy atom. The van der Waals surface area contributed by atoms with Crippen LogP contribution in [-0.2, 0) is 32.6 Å². The average molecular weight is 658 g/mol. The number of benzene rings is 4. The van der Waals surface area contributed by atoms with E-state index in [4.69, 9.17) is 9.47 Å². The van der Waals surface area contributed by atoms with Crippen molar-refractivity contribution in [3.8, 4) is 11.5 Å². The summed E-state index contributed by atoms with van der Waals surface area (Å²) in [6.45, 7) is 7.11. The number of carbonyl (C=O) groups excluding carboxylic acids is 2. The highest BCUT2D eigenvalue weighted by Gasteiger charge is 2.36. The minimum absolute atomic E-state index is 0.0129. The Balaban J connectivity index is 1.84. The first-order valence-electron chi connectivity index (χ1n) is 15.3. The summed E-state index contributed by atoms with van der Waals surface area (Å²) in [6, 6.07) is 28.8. The molecule has 4 aromatic rings. The molecule has 4 aromatic carbocycles. The summed E-state index contributed by atoms with van der Waals surface area (Å²) in [6.07, 6.45) is 0.224. The monoisotopic (exact) mass is 657 g/mol. The zero-order valence-electron chi connectivity index (χ0n) is 27.8. The third-order valence-corrected chi connectivity index (χ3v) is 9.30. The van der Waals surface area contributed by atoms with E-state index in [0.29, 0.717) is 11.5 Å². The van der Waals surface area contributed by atoms with Crippen LogP contribution in [0.15, 0.2) is 108 Å². The summed E-state index contributed by atoms with van der Waals surface area (Å²) in [5, 5.41) is 3.04. The van der Waals surface area contributed by atoms with Gasteiger partial charge in [0.05, 0.1) is 24.8 Å². The largest absolute Gasteiger partial charge is 0.493 e. The van der Waals surface area contributed by atoms with Crippen molar-refractivity contribution in [3.05, 3.63) is 120 Å². The van der Waals surface area contributed by atoms with E-state index in [9.17, 15) is 18.0 Å². The predicted molar refractivity (Wildman–Crippen MR) is 184 cm³/mol. The average Bonchev–Trinajstić information content (AvgIpc) is 3.05. The van der Waals surface area contributed by atoms with E-state index in [-0.39, 0.29) is 29.5 Å². The van der Waals surface area contributed by atoms with Crippen LogP contribution in [0.3, 0.4) is 0 Å². The Hall–Kier alpha value is -4.83. The van der Waals surface area contributed by atoms with E-state index in [2.05, 4.69) is 5.32 Å². The Bertz CT molecular complexity index is 1760. The third kappa shape index (κ3) is 9.13. The van der Waals surface area contributed by atoms with Crippen molar-refractivity contribution in [1.82, 2.24) is 10.2 Å². The maximum Gasteiger partial charge on any atom is 0.264 e. The maximum atomic E-state index is 14.6. The highest BCUT2D eigenvalue weighted by atomic mass is 32.2. The Kier molecular flexibility index (Phi) is 11.3. The van der Waals surface area contributed by atoms with Crippen molar-refractivity contribution in [2.24, 2.45) is 0 Å². The lowest BCUT2D eigenvalue weighted by Crippen LogP contribution is -2.56. The molecule has 0 aliphatic heterocycles. The molecule has 9 nitrogen and oxygen atoms in total. The molecule has 47 heavy (non-hydrogen) atoms. The molecule has 4 rings (SSSR count). The van der Waals surface area contributed by atoms with Crippen molar-refractivity contribution in [2.75, 3.05) is 25.1 Å². The number of anilines is 1. The van der Waals surface area contributed by atoms with Gasteiger partial charge >= 0.3 is 0 Å². The lowest BCUT2D eigenvalue weighted by Gasteiger charge is -2.35. The quantitative estimate of drug-likeness (QED) is 0.196. The molecule has 248 valence electrons. The van der Waals surface area contributed by atoms with Gasteiger partial charge in [0.2, 0.25) is 11.8 Å². The van der Waals surface area contributed by atoms with Crippen LogP contribution in [0.2, 0.25) is 0 Å². The number of hydrogen-bond donors (Lipinski definition) is 1. The standard InChI is InChI=1S/C37H43N3O6S/c1-27-17-19-29(20-18-27)25-39(32(36(42)38-37(2,3)4)23-28-13-9-7-10-14-28)35(41)26-40(47(43,44)31-15-11-8-12-16-31)30-21-22-33(45-5)34(24-30)46-6/h7-22,24,32H,23,25-26H2,1-6H3,(H,38,42)/t32-/m1/s1. The number of amides is 2. The molecule has 0 radical (unpaired) electrons. The number of aryl methyl sites for hydroxylation is 1. The Morgan fingerprint density at radius 1 is 0.787 bits per heavy atom. The molecule has 0 aliphatic rings. The van der Waals surface area contributed by atoms with Gasteiger partial charge in [0.1, 0.15) is 12.6 Å². The minimum atomic E-state index is -4.25. The van der Waals surface area contributed by atoms with Crippen molar-refractivity contribution >= 4 is 27.5 Å². The number of rotatable bonds is 13. The fourth-order valence-corrected chi connectivity index (χ4v) is 6.55.